The Hall–Kier alpha value is -3.65. The molecule has 0 radical (unpaired) electrons. The Morgan fingerprint density at radius 2 is 1.72 bits per heavy atom. The van der Waals surface area contributed by atoms with Crippen molar-refractivity contribution in [3.8, 4) is 5.88 Å². The van der Waals surface area contributed by atoms with Gasteiger partial charge in [-0.2, -0.15) is 4.98 Å². The number of aliphatic hydroxyl groups is 1. The van der Waals surface area contributed by atoms with Crippen LogP contribution in [0.5, 0.6) is 5.88 Å². The first kappa shape index (κ1) is 21.6. The second-order valence-electron chi connectivity index (χ2n) is 7.33. The van der Waals surface area contributed by atoms with Crippen LogP contribution >= 0.6 is 0 Å². The molecule has 0 bridgehead atoms. The van der Waals surface area contributed by atoms with Gasteiger partial charge in [-0.15, -0.1) is 0 Å². The Morgan fingerprint density at radius 1 is 0.969 bits per heavy atom. The number of piperazine rings is 1. The molecule has 0 spiro atoms. The van der Waals surface area contributed by atoms with E-state index in [0.717, 1.165) is 16.5 Å². The number of ether oxygens (including phenoxy) is 2. The lowest BCUT2D eigenvalue weighted by Gasteiger charge is -2.34. The van der Waals surface area contributed by atoms with Gasteiger partial charge in [0.2, 0.25) is 11.8 Å². The molecule has 0 saturated carbocycles. The van der Waals surface area contributed by atoms with E-state index in [2.05, 4.69) is 4.98 Å². The van der Waals surface area contributed by atoms with Gasteiger partial charge in [-0.05, 0) is 23.8 Å². The Morgan fingerprint density at radius 3 is 2.50 bits per heavy atom. The average Bonchev–Trinajstić information content (AvgIpc) is 2.85. The van der Waals surface area contributed by atoms with E-state index >= 15 is 0 Å². The van der Waals surface area contributed by atoms with Crippen molar-refractivity contribution in [1.82, 2.24) is 14.9 Å². The summed E-state index contributed by atoms with van der Waals surface area (Å²) in [6.07, 6.45) is 3.06. The Bertz CT molecular complexity index is 1070. The Balaban J connectivity index is 1.39. The first-order chi connectivity index (χ1) is 15.7. The number of nitrogens with zero attached hydrogens (tertiary/aromatic N) is 4. The van der Waals surface area contributed by atoms with Crippen LogP contribution in [0.15, 0.2) is 66.7 Å². The van der Waals surface area contributed by atoms with Crippen LogP contribution in [0.3, 0.4) is 0 Å². The van der Waals surface area contributed by atoms with E-state index in [-0.39, 0.29) is 19.3 Å². The molecular formula is C24H26N4O4. The van der Waals surface area contributed by atoms with E-state index in [9.17, 15) is 4.79 Å². The summed E-state index contributed by atoms with van der Waals surface area (Å²) in [4.78, 5) is 25.5. The maximum absolute atomic E-state index is 12.4. The summed E-state index contributed by atoms with van der Waals surface area (Å²) in [6, 6.07) is 17.3. The van der Waals surface area contributed by atoms with Crippen molar-refractivity contribution in [2.45, 2.75) is 6.61 Å². The maximum atomic E-state index is 12.4. The van der Waals surface area contributed by atoms with Crippen LogP contribution in [-0.2, 0) is 11.3 Å². The highest BCUT2D eigenvalue weighted by Gasteiger charge is 2.24. The monoisotopic (exact) mass is 434 g/mol. The van der Waals surface area contributed by atoms with Crippen LogP contribution in [0.4, 0.5) is 10.7 Å². The Kier molecular flexibility index (Phi) is 7.14. The second kappa shape index (κ2) is 10.6. The molecule has 32 heavy (non-hydrogen) atoms. The normalized spacial score (nSPS) is 14.2. The number of aromatic nitrogens is 2. The predicted octanol–water partition coefficient (Wildman–Crippen LogP) is 3.02. The molecule has 1 aromatic heterocycles. The molecule has 1 N–H and O–H groups in total. The molecule has 166 valence electrons. The number of benzene rings is 2. The zero-order chi connectivity index (χ0) is 22.2. The zero-order valence-electron chi connectivity index (χ0n) is 17.8. The van der Waals surface area contributed by atoms with Gasteiger partial charge in [0.25, 0.3) is 0 Å². The molecule has 1 aliphatic rings. The first-order valence-electron chi connectivity index (χ1n) is 10.6. The molecule has 3 aromatic rings. The number of aliphatic hydroxyl groups excluding tert-OH is 1. The Labute approximate surface area is 186 Å². The van der Waals surface area contributed by atoms with Crippen molar-refractivity contribution >= 4 is 22.9 Å². The standard InChI is InChI=1S/C24H26N4O4/c29-16-6-7-17-31-22-20-10-4-5-11-21(20)25-23(26-22)27-12-14-28(15-13-27)24(30)32-18-19-8-2-1-3-9-19/h1-11,29H,12-18H2/b7-6-. The molecule has 1 saturated heterocycles. The van der Waals surface area contributed by atoms with E-state index in [1.165, 1.54) is 0 Å². The van der Waals surface area contributed by atoms with Gasteiger partial charge in [0.05, 0.1) is 17.5 Å². The summed E-state index contributed by atoms with van der Waals surface area (Å²) in [6.45, 7) is 2.79. The lowest BCUT2D eigenvalue weighted by atomic mass is 10.2. The highest BCUT2D eigenvalue weighted by Crippen LogP contribution is 2.26. The number of para-hydroxylation sites is 1. The van der Waals surface area contributed by atoms with E-state index in [0.29, 0.717) is 44.6 Å². The molecule has 1 aliphatic heterocycles. The molecule has 8 heteroatoms. The molecule has 2 aromatic carbocycles. The van der Waals surface area contributed by atoms with Gasteiger partial charge in [-0.25, -0.2) is 9.78 Å². The topological polar surface area (TPSA) is 88.0 Å². The third kappa shape index (κ3) is 5.33. The van der Waals surface area contributed by atoms with Gasteiger partial charge >= 0.3 is 6.09 Å². The average molecular weight is 434 g/mol. The minimum Gasteiger partial charge on any atom is -0.473 e. The summed E-state index contributed by atoms with van der Waals surface area (Å²) in [5, 5.41) is 9.72. The quantitative estimate of drug-likeness (QED) is 0.572. The number of fused-ring (bicyclic) bond motifs is 1. The summed E-state index contributed by atoms with van der Waals surface area (Å²) in [5.41, 5.74) is 1.76. The van der Waals surface area contributed by atoms with E-state index < -0.39 is 0 Å². The number of hydrogen-bond acceptors (Lipinski definition) is 7. The largest absolute Gasteiger partial charge is 0.473 e. The van der Waals surface area contributed by atoms with Crippen LogP contribution in [0, 0.1) is 0 Å². The number of carbonyl (C=O) groups excluding carboxylic acids is 1. The number of amides is 1. The van der Waals surface area contributed by atoms with Crippen LogP contribution in [0.2, 0.25) is 0 Å². The number of rotatable bonds is 7. The fourth-order valence-corrected chi connectivity index (χ4v) is 3.46. The van der Waals surface area contributed by atoms with Crippen molar-refractivity contribution < 1.29 is 19.4 Å². The molecule has 0 atom stereocenters. The van der Waals surface area contributed by atoms with Crippen molar-refractivity contribution in [2.75, 3.05) is 44.3 Å². The highest BCUT2D eigenvalue weighted by molar-refractivity contribution is 5.84. The third-order valence-electron chi connectivity index (χ3n) is 5.17. The molecule has 1 amide bonds. The SMILES string of the molecule is O=C(OCc1ccccc1)N1CCN(c2nc(OC/C=C\CO)c3ccccc3n2)CC1. The van der Waals surface area contributed by atoms with E-state index in [4.69, 9.17) is 19.6 Å². The van der Waals surface area contributed by atoms with Gasteiger partial charge in [-0.1, -0.05) is 48.5 Å². The summed E-state index contributed by atoms with van der Waals surface area (Å²) in [5.74, 6) is 1.07. The predicted molar refractivity (Wildman–Crippen MR) is 122 cm³/mol. The number of carbonyl (C=O) groups is 1. The molecule has 0 aliphatic carbocycles. The minimum atomic E-state index is -0.312. The van der Waals surface area contributed by atoms with Crippen molar-refractivity contribution in [3.63, 3.8) is 0 Å². The minimum absolute atomic E-state index is 0.0306. The zero-order valence-corrected chi connectivity index (χ0v) is 17.8. The van der Waals surface area contributed by atoms with Gasteiger partial charge in [0, 0.05) is 26.2 Å². The molecule has 8 nitrogen and oxygen atoms in total. The maximum Gasteiger partial charge on any atom is 0.410 e. The molecular weight excluding hydrogens is 408 g/mol. The van der Waals surface area contributed by atoms with E-state index in [1.54, 1.807) is 17.1 Å². The third-order valence-corrected chi connectivity index (χ3v) is 5.17. The number of anilines is 1. The molecule has 0 unspecified atom stereocenters. The van der Waals surface area contributed by atoms with Crippen LogP contribution in [0.25, 0.3) is 10.9 Å². The lowest BCUT2D eigenvalue weighted by molar-refractivity contribution is 0.0940. The van der Waals surface area contributed by atoms with Crippen LogP contribution in [-0.4, -0.2) is 65.5 Å². The van der Waals surface area contributed by atoms with Gasteiger partial charge in [-0.3, -0.25) is 0 Å². The summed E-state index contributed by atoms with van der Waals surface area (Å²) < 4.78 is 11.3. The summed E-state index contributed by atoms with van der Waals surface area (Å²) >= 11 is 0. The van der Waals surface area contributed by atoms with Gasteiger partial charge in [0.1, 0.15) is 13.2 Å². The fraction of sp³-hybridized carbons (Fsp3) is 0.292. The van der Waals surface area contributed by atoms with Gasteiger partial charge < -0.3 is 24.4 Å². The number of hydrogen-bond donors (Lipinski definition) is 1. The molecule has 4 rings (SSSR count). The smallest absolute Gasteiger partial charge is 0.410 e. The van der Waals surface area contributed by atoms with Crippen molar-refractivity contribution in [2.24, 2.45) is 0 Å². The highest BCUT2D eigenvalue weighted by atomic mass is 16.6. The second-order valence-corrected chi connectivity index (χ2v) is 7.33. The van der Waals surface area contributed by atoms with Crippen LogP contribution in [0.1, 0.15) is 5.56 Å². The van der Waals surface area contributed by atoms with Crippen molar-refractivity contribution in [3.05, 3.63) is 72.3 Å². The molecule has 1 fully saturated rings. The summed E-state index contributed by atoms with van der Waals surface area (Å²) in [7, 11) is 0. The fourth-order valence-electron chi connectivity index (χ4n) is 3.46. The first-order valence-corrected chi connectivity index (χ1v) is 10.6. The lowest BCUT2D eigenvalue weighted by Crippen LogP contribution is -2.49. The molecule has 2 heterocycles. The van der Waals surface area contributed by atoms with E-state index in [1.807, 2.05) is 59.5 Å². The van der Waals surface area contributed by atoms with Crippen molar-refractivity contribution in [1.29, 1.82) is 0 Å². The van der Waals surface area contributed by atoms with Crippen LogP contribution < -0.4 is 9.64 Å². The van der Waals surface area contributed by atoms with Gasteiger partial charge in [0.15, 0.2) is 0 Å².